The second-order valence-electron chi connectivity index (χ2n) is 4.52. The second kappa shape index (κ2) is 3.91. The van der Waals surface area contributed by atoms with E-state index in [0.29, 0.717) is 6.54 Å². The Morgan fingerprint density at radius 3 is 2.24 bits per heavy atom. The van der Waals surface area contributed by atoms with Crippen LogP contribution in [0, 0.1) is 13.8 Å². The van der Waals surface area contributed by atoms with Crippen LogP contribution in [0.25, 0.3) is 16.7 Å². The monoisotopic (exact) mass is 230 g/mol. The Balaban J connectivity index is 3.01. The summed E-state index contributed by atoms with van der Waals surface area (Å²) in [7, 11) is 0. The molecule has 0 atom stereocenters. The van der Waals surface area contributed by atoms with Gasteiger partial charge in [0.1, 0.15) is 0 Å². The first-order chi connectivity index (χ1) is 7.97. The van der Waals surface area contributed by atoms with Gasteiger partial charge in [0.2, 0.25) is 0 Å². The maximum absolute atomic E-state index is 12.2. The molecule has 3 heteroatoms. The van der Waals surface area contributed by atoms with Crippen LogP contribution in [0.5, 0.6) is 0 Å². The molecule has 1 aromatic carbocycles. The van der Waals surface area contributed by atoms with Crippen molar-refractivity contribution in [3.8, 4) is 0 Å². The molecule has 0 aliphatic carbocycles. The van der Waals surface area contributed by atoms with E-state index in [0.717, 1.165) is 16.7 Å². The number of benzene rings is 1. The predicted molar refractivity (Wildman–Crippen MR) is 72.4 cm³/mol. The highest BCUT2D eigenvalue weighted by molar-refractivity contribution is 5.81. The number of imidazole rings is 1. The fraction of sp³-hybridized carbons (Fsp3) is 0.357. The Morgan fingerprint density at radius 2 is 1.76 bits per heavy atom. The minimum Gasteiger partial charge on any atom is -0.292 e. The highest BCUT2D eigenvalue weighted by atomic mass is 16.1. The Kier molecular flexibility index (Phi) is 2.69. The fourth-order valence-corrected chi connectivity index (χ4v) is 2.18. The van der Waals surface area contributed by atoms with Crippen LogP contribution in [0.2, 0.25) is 0 Å². The van der Waals surface area contributed by atoms with Crippen molar-refractivity contribution in [2.45, 2.75) is 34.2 Å². The number of hydrogen-bond acceptors (Lipinski definition) is 1. The van der Waals surface area contributed by atoms with E-state index in [2.05, 4.69) is 32.6 Å². The molecule has 1 aromatic heterocycles. The summed E-state index contributed by atoms with van der Waals surface area (Å²) >= 11 is 0. The lowest BCUT2D eigenvalue weighted by molar-refractivity contribution is 0.736. The van der Waals surface area contributed by atoms with E-state index >= 15 is 0 Å². The molecule has 1 heterocycles. The molecule has 0 spiro atoms. The van der Waals surface area contributed by atoms with E-state index in [9.17, 15) is 4.79 Å². The van der Waals surface area contributed by atoms with Crippen molar-refractivity contribution < 1.29 is 0 Å². The van der Waals surface area contributed by atoms with Crippen molar-refractivity contribution in [1.82, 2.24) is 9.13 Å². The molecule has 0 aliphatic heterocycles. The Morgan fingerprint density at radius 1 is 1.24 bits per heavy atom. The topological polar surface area (TPSA) is 26.9 Å². The van der Waals surface area contributed by atoms with Gasteiger partial charge in [-0.3, -0.25) is 9.13 Å². The van der Waals surface area contributed by atoms with Gasteiger partial charge in [0, 0.05) is 12.2 Å². The number of aromatic nitrogens is 2. The molecule has 0 saturated heterocycles. The third kappa shape index (κ3) is 1.62. The zero-order valence-corrected chi connectivity index (χ0v) is 10.9. The molecule has 0 unspecified atom stereocenters. The van der Waals surface area contributed by atoms with Crippen molar-refractivity contribution in [2.24, 2.45) is 0 Å². The molecule has 2 rings (SSSR count). The summed E-state index contributed by atoms with van der Waals surface area (Å²) in [5, 5.41) is 0. The summed E-state index contributed by atoms with van der Waals surface area (Å²) < 4.78 is 3.47. The number of aryl methyl sites for hydroxylation is 3. The number of hydrogen-bond donors (Lipinski definition) is 0. The van der Waals surface area contributed by atoms with Gasteiger partial charge in [-0.05, 0) is 51.0 Å². The summed E-state index contributed by atoms with van der Waals surface area (Å²) in [6.45, 7) is 12.5. The van der Waals surface area contributed by atoms with Gasteiger partial charge in [0.05, 0.1) is 11.0 Å². The average Bonchev–Trinajstić information content (AvgIpc) is 2.50. The first-order valence-corrected chi connectivity index (χ1v) is 5.85. The molecule has 90 valence electrons. The molecule has 0 radical (unpaired) electrons. The van der Waals surface area contributed by atoms with Crippen LogP contribution >= 0.6 is 0 Å². The van der Waals surface area contributed by atoms with Crippen LogP contribution in [-0.2, 0) is 6.54 Å². The van der Waals surface area contributed by atoms with Crippen LogP contribution in [0.3, 0.4) is 0 Å². The zero-order chi connectivity index (χ0) is 12.7. The minimum atomic E-state index is 0.000000000000000444. The number of nitrogens with zero attached hydrogens (tertiary/aromatic N) is 2. The molecular weight excluding hydrogens is 212 g/mol. The van der Waals surface area contributed by atoms with Crippen molar-refractivity contribution in [3.63, 3.8) is 0 Å². The molecule has 0 saturated carbocycles. The van der Waals surface area contributed by atoms with Gasteiger partial charge in [-0.15, -0.1) is 0 Å². The number of allylic oxidation sites excluding steroid dienone is 1. The van der Waals surface area contributed by atoms with Gasteiger partial charge in [0.25, 0.3) is 0 Å². The van der Waals surface area contributed by atoms with Crippen molar-refractivity contribution >= 4 is 16.7 Å². The second-order valence-corrected chi connectivity index (χ2v) is 4.52. The smallest absolute Gasteiger partial charge is 0.292 e. The third-order valence-electron chi connectivity index (χ3n) is 3.24. The normalized spacial score (nSPS) is 11.1. The summed E-state index contributed by atoms with van der Waals surface area (Å²) in [5.41, 5.74) is 5.10. The zero-order valence-electron chi connectivity index (χ0n) is 10.9. The average molecular weight is 230 g/mol. The van der Waals surface area contributed by atoms with E-state index in [1.54, 1.807) is 9.13 Å². The molecule has 0 amide bonds. The fourth-order valence-electron chi connectivity index (χ4n) is 2.18. The van der Waals surface area contributed by atoms with Crippen molar-refractivity contribution in [1.29, 1.82) is 0 Å². The van der Waals surface area contributed by atoms with E-state index in [1.165, 1.54) is 11.1 Å². The SMILES string of the molecule is C=C(C)n1c(=O)n(CC)c2cc(C)c(C)cc21. The lowest BCUT2D eigenvalue weighted by Crippen LogP contribution is -2.22. The molecule has 0 fully saturated rings. The summed E-state index contributed by atoms with van der Waals surface area (Å²) in [5.74, 6) is 0. The van der Waals surface area contributed by atoms with Gasteiger partial charge >= 0.3 is 5.69 Å². The van der Waals surface area contributed by atoms with E-state index < -0.39 is 0 Å². The van der Waals surface area contributed by atoms with Gasteiger partial charge in [-0.1, -0.05) is 6.58 Å². The van der Waals surface area contributed by atoms with Crippen LogP contribution in [0.1, 0.15) is 25.0 Å². The minimum absolute atomic E-state index is 0.000000000000000444. The summed E-state index contributed by atoms with van der Waals surface area (Å²) in [4.78, 5) is 12.2. The first-order valence-electron chi connectivity index (χ1n) is 5.85. The first kappa shape index (κ1) is 11.7. The van der Waals surface area contributed by atoms with Crippen LogP contribution in [-0.4, -0.2) is 9.13 Å². The maximum atomic E-state index is 12.2. The van der Waals surface area contributed by atoms with Gasteiger partial charge in [-0.25, -0.2) is 4.79 Å². The largest absolute Gasteiger partial charge is 0.333 e. The molecule has 3 nitrogen and oxygen atoms in total. The van der Waals surface area contributed by atoms with Crippen LogP contribution in [0.4, 0.5) is 0 Å². The van der Waals surface area contributed by atoms with E-state index in [1.807, 2.05) is 13.8 Å². The maximum Gasteiger partial charge on any atom is 0.333 e. The Hall–Kier alpha value is -1.77. The van der Waals surface area contributed by atoms with Crippen LogP contribution in [0.15, 0.2) is 23.5 Å². The standard InChI is InChI=1S/C14H18N2O/c1-6-15-12-7-10(4)11(5)8-13(12)16(9(2)3)14(15)17/h7-8H,2,6H2,1,3-5H3. The number of fused-ring (bicyclic) bond motifs is 1. The summed E-state index contributed by atoms with van der Waals surface area (Å²) in [6, 6.07) is 4.14. The van der Waals surface area contributed by atoms with Gasteiger partial charge in [0.15, 0.2) is 0 Å². The molecule has 2 aromatic rings. The molecule has 17 heavy (non-hydrogen) atoms. The highest BCUT2D eigenvalue weighted by Gasteiger charge is 2.13. The van der Waals surface area contributed by atoms with E-state index in [-0.39, 0.29) is 5.69 Å². The summed E-state index contributed by atoms with van der Waals surface area (Å²) in [6.07, 6.45) is 0. The molecular formula is C14H18N2O. The van der Waals surface area contributed by atoms with Gasteiger partial charge in [-0.2, -0.15) is 0 Å². The number of rotatable bonds is 2. The Bertz CT molecular complexity index is 659. The molecule has 0 N–H and O–H groups in total. The third-order valence-corrected chi connectivity index (χ3v) is 3.24. The van der Waals surface area contributed by atoms with Crippen molar-refractivity contribution in [3.05, 3.63) is 40.3 Å². The predicted octanol–water partition coefficient (Wildman–Crippen LogP) is 2.93. The van der Waals surface area contributed by atoms with Crippen molar-refractivity contribution in [2.75, 3.05) is 0 Å². The lowest BCUT2D eigenvalue weighted by atomic mass is 10.1. The van der Waals surface area contributed by atoms with Crippen LogP contribution < -0.4 is 5.69 Å². The molecule has 0 aliphatic rings. The Labute approximate surface area is 101 Å². The molecule has 0 bridgehead atoms. The van der Waals surface area contributed by atoms with E-state index in [4.69, 9.17) is 0 Å². The lowest BCUT2D eigenvalue weighted by Gasteiger charge is -2.04. The highest BCUT2D eigenvalue weighted by Crippen LogP contribution is 2.20. The quantitative estimate of drug-likeness (QED) is 0.779. The van der Waals surface area contributed by atoms with Gasteiger partial charge < -0.3 is 0 Å².